The summed E-state index contributed by atoms with van der Waals surface area (Å²) in [7, 11) is 3.43. The monoisotopic (exact) mass is 501 g/mol. The average Bonchev–Trinajstić information content (AvgIpc) is 2.93. The topological polar surface area (TPSA) is 79.9 Å². The van der Waals surface area contributed by atoms with Gasteiger partial charge in [-0.25, -0.2) is 0 Å². The van der Waals surface area contributed by atoms with Gasteiger partial charge in [0.1, 0.15) is 12.4 Å². The fraction of sp³-hybridized carbons (Fsp3) is 0.333. The number of hydrogen-bond acceptors (Lipinski definition) is 5. The van der Waals surface area contributed by atoms with Gasteiger partial charge in [0.05, 0.1) is 11.7 Å². The normalized spacial score (nSPS) is 20.7. The Kier molecular flexibility index (Phi) is 8.58. The zero-order valence-electron chi connectivity index (χ0n) is 21.9. The van der Waals surface area contributed by atoms with Crippen LogP contribution < -0.4 is 15.4 Å². The first-order valence-corrected chi connectivity index (χ1v) is 12.6. The quantitative estimate of drug-likeness (QED) is 0.542. The van der Waals surface area contributed by atoms with Crippen LogP contribution in [0.25, 0.3) is 11.1 Å². The molecular weight excluding hydrogens is 466 g/mol. The molecule has 4 rings (SSSR count). The van der Waals surface area contributed by atoms with Crippen molar-refractivity contribution in [2.75, 3.05) is 39.2 Å². The summed E-state index contributed by atoms with van der Waals surface area (Å²) in [6, 6.07) is 22.7. The molecule has 3 atom stereocenters. The largest absolute Gasteiger partial charge is 0.491 e. The van der Waals surface area contributed by atoms with E-state index in [0.29, 0.717) is 35.7 Å². The van der Waals surface area contributed by atoms with Gasteiger partial charge in [-0.1, -0.05) is 49.4 Å². The van der Waals surface area contributed by atoms with E-state index < -0.39 is 0 Å². The Labute approximate surface area is 218 Å². The number of amides is 2. The van der Waals surface area contributed by atoms with Gasteiger partial charge < -0.3 is 25.0 Å². The molecular formula is C30H35N3O4. The third kappa shape index (κ3) is 6.56. The molecule has 194 valence electrons. The number of carbonyl (C=O) groups excluding carboxylic acids is 2. The minimum atomic E-state index is -0.250. The number of fused-ring (bicyclic) bond motifs is 1. The fourth-order valence-corrected chi connectivity index (χ4v) is 4.39. The highest BCUT2D eigenvalue weighted by Gasteiger charge is 2.25. The number of anilines is 1. The van der Waals surface area contributed by atoms with Crippen LogP contribution in [0.15, 0.2) is 72.8 Å². The number of benzene rings is 3. The third-order valence-electron chi connectivity index (χ3n) is 6.74. The van der Waals surface area contributed by atoms with Gasteiger partial charge in [0.15, 0.2) is 0 Å². The van der Waals surface area contributed by atoms with E-state index in [-0.39, 0.29) is 29.9 Å². The molecule has 1 aliphatic heterocycles. The summed E-state index contributed by atoms with van der Waals surface area (Å²) in [5.74, 6) is 0.257. The molecule has 7 heteroatoms. The van der Waals surface area contributed by atoms with Crippen molar-refractivity contribution in [3.8, 4) is 16.9 Å². The summed E-state index contributed by atoms with van der Waals surface area (Å²) in [5.41, 5.74) is 3.58. The van der Waals surface area contributed by atoms with Crippen molar-refractivity contribution in [1.82, 2.24) is 10.2 Å². The lowest BCUT2D eigenvalue weighted by Crippen LogP contribution is -2.44. The van der Waals surface area contributed by atoms with Gasteiger partial charge in [-0.05, 0) is 54.3 Å². The number of nitrogens with one attached hydrogen (secondary N) is 2. The Morgan fingerprint density at radius 2 is 1.73 bits per heavy atom. The minimum absolute atomic E-state index is 0.0956. The highest BCUT2D eigenvalue weighted by molar-refractivity contribution is 6.05. The Bertz CT molecular complexity index is 1210. The maximum absolute atomic E-state index is 13.4. The second kappa shape index (κ2) is 12.0. The van der Waals surface area contributed by atoms with Gasteiger partial charge in [-0.3, -0.25) is 9.59 Å². The SMILES string of the molecule is CO[C@@H]1CN(C)C(=O)c2cc(NC(=O)c3ccc(-c4ccccc4)cc3)ccc2OC[C@H](C)NC[C@H]1C. The summed E-state index contributed by atoms with van der Waals surface area (Å²) in [4.78, 5) is 28.1. The highest BCUT2D eigenvalue weighted by Crippen LogP contribution is 2.26. The molecule has 1 aliphatic rings. The Morgan fingerprint density at radius 1 is 1.03 bits per heavy atom. The zero-order valence-corrected chi connectivity index (χ0v) is 21.9. The Hall–Kier alpha value is -3.68. The van der Waals surface area contributed by atoms with Crippen LogP contribution in [0.3, 0.4) is 0 Å². The van der Waals surface area contributed by atoms with E-state index in [2.05, 4.69) is 17.6 Å². The van der Waals surface area contributed by atoms with E-state index in [1.165, 1.54) is 0 Å². The van der Waals surface area contributed by atoms with Crippen molar-refractivity contribution >= 4 is 17.5 Å². The van der Waals surface area contributed by atoms with E-state index in [9.17, 15) is 9.59 Å². The molecule has 3 aromatic carbocycles. The molecule has 0 bridgehead atoms. The van der Waals surface area contributed by atoms with Gasteiger partial charge >= 0.3 is 0 Å². The van der Waals surface area contributed by atoms with Crippen LogP contribution in [-0.2, 0) is 4.74 Å². The van der Waals surface area contributed by atoms with Crippen LogP contribution in [0.4, 0.5) is 5.69 Å². The van der Waals surface area contributed by atoms with Crippen LogP contribution in [-0.4, -0.2) is 62.7 Å². The van der Waals surface area contributed by atoms with Crippen LogP contribution in [0, 0.1) is 5.92 Å². The third-order valence-corrected chi connectivity index (χ3v) is 6.74. The van der Waals surface area contributed by atoms with E-state index in [1.54, 1.807) is 49.4 Å². The van der Waals surface area contributed by atoms with Crippen molar-refractivity contribution in [2.24, 2.45) is 5.92 Å². The van der Waals surface area contributed by atoms with Crippen LogP contribution in [0.2, 0.25) is 0 Å². The van der Waals surface area contributed by atoms with Crippen LogP contribution >= 0.6 is 0 Å². The minimum Gasteiger partial charge on any atom is -0.491 e. The number of hydrogen-bond donors (Lipinski definition) is 2. The predicted octanol–water partition coefficient (Wildman–Crippen LogP) is 4.70. The molecule has 0 aromatic heterocycles. The number of likely N-dealkylation sites (N-methyl/N-ethyl adjacent to an activating group) is 1. The van der Waals surface area contributed by atoms with Gasteiger partial charge in [-0.15, -0.1) is 0 Å². The summed E-state index contributed by atoms with van der Waals surface area (Å²) in [5, 5.41) is 6.40. The molecule has 7 nitrogen and oxygen atoms in total. The van der Waals surface area contributed by atoms with Gasteiger partial charge in [0.2, 0.25) is 0 Å². The van der Waals surface area contributed by atoms with Gasteiger partial charge in [-0.2, -0.15) is 0 Å². The molecule has 37 heavy (non-hydrogen) atoms. The summed E-state index contributed by atoms with van der Waals surface area (Å²) in [6.07, 6.45) is -0.112. The van der Waals surface area contributed by atoms with Crippen molar-refractivity contribution in [3.63, 3.8) is 0 Å². The second-order valence-electron chi connectivity index (χ2n) is 9.67. The maximum atomic E-state index is 13.4. The Morgan fingerprint density at radius 3 is 2.43 bits per heavy atom. The first-order chi connectivity index (χ1) is 17.9. The summed E-state index contributed by atoms with van der Waals surface area (Å²) in [6.45, 7) is 5.76. The lowest BCUT2D eigenvalue weighted by Gasteiger charge is -2.30. The van der Waals surface area contributed by atoms with E-state index >= 15 is 0 Å². The van der Waals surface area contributed by atoms with E-state index in [4.69, 9.17) is 9.47 Å². The molecule has 1 heterocycles. The van der Waals surface area contributed by atoms with Crippen molar-refractivity contribution in [3.05, 3.63) is 83.9 Å². The molecule has 0 fully saturated rings. The highest BCUT2D eigenvalue weighted by atomic mass is 16.5. The van der Waals surface area contributed by atoms with Gasteiger partial charge in [0.25, 0.3) is 11.8 Å². The lowest BCUT2D eigenvalue weighted by molar-refractivity contribution is 0.0281. The molecule has 2 N–H and O–H groups in total. The number of ether oxygens (including phenoxy) is 2. The first kappa shape index (κ1) is 26.4. The molecule has 0 aliphatic carbocycles. The molecule has 2 amide bonds. The van der Waals surface area contributed by atoms with Gasteiger partial charge in [0, 0.05) is 44.5 Å². The molecule has 0 saturated carbocycles. The number of carbonyl (C=O) groups is 2. The van der Waals surface area contributed by atoms with Crippen molar-refractivity contribution in [1.29, 1.82) is 0 Å². The maximum Gasteiger partial charge on any atom is 0.257 e. The molecule has 0 saturated heterocycles. The number of methoxy groups -OCH3 is 1. The zero-order chi connectivity index (χ0) is 26.4. The summed E-state index contributed by atoms with van der Waals surface area (Å²) >= 11 is 0. The van der Waals surface area contributed by atoms with Crippen molar-refractivity contribution in [2.45, 2.75) is 26.0 Å². The standard InChI is InChI=1S/C30H35N3O4/c1-20-17-31-21(2)19-37-27-15-14-25(16-26(27)30(35)33(3)18-28(20)36-4)32-29(34)24-12-10-23(11-13-24)22-8-6-5-7-9-22/h5-16,20-21,28,31H,17-19H2,1-4H3,(H,32,34)/t20-,21+,28-/m1/s1. The fourth-order valence-electron chi connectivity index (χ4n) is 4.39. The average molecular weight is 502 g/mol. The molecule has 3 aromatic rings. The smallest absolute Gasteiger partial charge is 0.257 e. The van der Waals surface area contributed by atoms with Crippen LogP contribution in [0.5, 0.6) is 5.75 Å². The number of nitrogens with zero attached hydrogens (tertiary/aromatic N) is 1. The van der Waals surface area contributed by atoms with E-state index in [0.717, 1.165) is 17.7 Å². The second-order valence-corrected chi connectivity index (χ2v) is 9.67. The van der Waals surface area contributed by atoms with Crippen molar-refractivity contribution < 1.29 is 19.1 Å². The molecule has 0 radical (unpaired) electrons. The molecule has 0 unspecified atom stereocenters. The number of rotatable bonds is 4. The molecule has 0 spiro atoms. The Balaban J connectivity index is 1.55. The summed E-state index contributed by atoms with van der Waals surface area (Å²) < 4.78 is 11.7. The van der Waals surface area contributed by atoms with Crippen LogP contribution in [0.1, 0.15) is 34.6 Å². The first-order valence-electron chi connectivity index (χ1n) is 12.6. The predicted molar refractivity (Wildman–Crippen MR) is 146 cm³/mol. The van der Waals surface area contributed by atoms with E-state index in [1.807, 2.05) is 49.4 Å². The lowest BCUT2D eigenvalue weighted by atomic mass is 10.0.